The Morgan fingerprint density at radius 3 is 1.60 bits per heavy atom. The van der Waals surface area contributed by atoms with E-state index in [4.69, 9.17) is 34.2 Å². The van der Waals surface area contributed by atoms with Crippen LogP contribution in [0.25, 0.3) is 0 Å². The molecule has 10 nitrogen and oxygen atoms in total. The van der Waals surface area contributed by atoms with Crippen molar-refractivity contribution in [3.8, 4) is 0 Å². The smallest absolute Gasteiger partial charge is 0.410 e. The van der Waals surface area contributed by atoms with Crippen LogP contribution in [-0.4, -0.2) is 120 Å². The Bertz CT molecular complexity index is 427. The molecule has 0 bridgehead atoms. The lowest BCUT2D eigenvalue weighted by Gasteiger charge is -2.35. The summed E-state index contributed by atoms with van der Waals surface area (Å²) in [7, 11) is 0. The Hall–Kier alpha value is -1.01. The molecule has 1 amide bonds. The molecule has 0 aromatic heterocycles. The first-order valence-corrected chi connectivity index (χ1v) is 10.7. The fraction of sp³-hybridized carbons (Fsp3) is 0.950. The molecule has 1 heterocycles. The second kappa shape index (κ2) is 16.7. The molecule has 0 aliphatic carbocycles. The minimum absolute atomic E-state index is 0.248. The molecule has 1 saturated heterocycles. The molecule has 0 radical (unpaired) electrons. The first-order chi connectivity index (χ1) is 14.4. The topological polar surface area (TPSA) is 105 Å². The van der Waals surface area contributed by atoms with Crippen molar-refractivity contribution in [2.75, 3.05) is 98.9 Å². The summed E-state index contributed by atoms with van der Waals surface area (Å²) in [4.78, 5) is 16.0. The molecule has 178 valence electrons. The second-order valence-electron chi connectivity index (χ2n) is 7.86. The summed E-state index contributed by atoms with van der Waals surface area (Å²) in [5.41, 5.74) is 4.85. The molecule has 0 unspecified atom stereocenters. The zero-order chi connectivity index (χ0) is 22.1. The third kappa shape index (κ3) is 14.9. The Balaban J connectivity index is 1.84. The number of carbonyl (C=O) groups is 1. The van der Waals surface area contributed by atoms with Gasteiger partial charge in [0.05, 0.1) is 66.2 Å². The van der Waals surface area contributed by atoms with Crippen LogP contribution in [0, 0.1) is 0 Å². The van der Waals surface area contributed by atoms with Crippen LogP contribution in [0.1, 0.15) is 20.8 Å². The van der Waals surface area contributed by atoms with Gasteiger partial charge in [-0.05, 0) is 20.8 Å². The predicted molar refractivity (Wildman–Crippen MR) is 113 cm³/mol. The highest BCUT2D eigenvalue weighted by molar-refractivity contribution is 5.68. The lowest BCUT2D eigenvalue weighted by atomic mass is 10.2. The van der Waals surface area contributed by atoms with Gasteiger partial charge in [-0.25, -0.2) is 4.79 Å². The van der Waals surface area contributed by atoms with Crippen LogP contribution in [0.3, 0.4) is 0 Å². The number of hydrogen-bond donors (Lipinski definition) is 1. The van der Waals surface area contributed by atoms with Crippen molar-refractivity contribution in [3.63, 3.8) is 0 Å². The van der Waals surface area contributed by atoms with Crippen LogP contribution < -0.4 is 5.73 Å². The van der Waals surface area contributed by atoms with Crippen molar-refractivity contribution >= 4 is 6.09 Å². The van der Waals surface area contributed by atoms with Crippen molar-refractivity contribution in [1.29, 1.82) is 0 Å². The number of amides is 1. The molecule has 1 aliphatic rings. The summed E-state index contributed by atoms with van der Waals surface area (Å²) in [5.74, 6) is 0. The van der Waals surface area contributed by atoms with Gasteiger partial charge in [0.25, 0.3) is 0 Å². The van der Waals surface area contributed by atoms with Gasteiger partial charge in [-0.2, -0.15) is 0 Å². The van der Waals surface area contributed by atoms with Gasteiger partial charge in [-0.3, -0.25) is 4.90 Å². The average Bonchev–Trinajstić information content (AvgIpc) is 2.70. The van der Waals surface area contributed by atoms with Crippen LogP contribution in [-0.2, 0) is 28.4 Å². The maximum atomic E-state index is 12.0. The molecule has 0 spiro atoms. The van der Waals surface area contributed by atoms with Gasteiger partial charge in [-0.15, -0.1) is 0 Å². The molecule has 10 heteroatoms. The lowest BCUT2D eigenvalue weighted by molar-refractivity contribution is -0.0373. The van der Waals surface area contributed by atoms with Gasteiger partial charge >= 0.3 is 6.09 Å². The average molecular weight is 436 g/mol. The highest BCUT2D eigenvalue weighted by atomic mass is 16.6. The molecule has 2 N–H and O–H groups in total. The van der Waals surface area contributed by atoms with E-state index in [9.17, 15) is 4.79 Å². The standard InChI is InChI=1S/C20H41N3O7/c1-20(2,3)30-19(24)23-7-5-22(6-8-23)18-29-17-16-28-15-14-27-13-12-26-11-10-25-9-4-21/h4-18,21H2,1-3H3. The van der Waals surface area contributed by atoms with E-state index < -0.39 is 5.60 Å². The molecule has 0 aromatic carbocycles. The third-order valence-corrected chi connectivity index (χ3v) is 4.05. The van der Waals surface area contributed by atoms with Crippen molar-refractivity contribution in [1.82, 2.24) is 9.80 Å². The summed E-state index contributed by atoms with van der Waals surface area (Å²) in [6.07, 6.45) is -0.248. The van der Waals surface area contributed by atoms with E-state index >= 15 is 0 Å². The van der Waals surface area contributed by atoms with Crippen molar-refractivity contribution in [2.24, 2.45) is 5.73 Å². The number of hydrogen-bond acceptors (Lipinski definition) is 9. The summed E-state index contributed by atoms with van der Waals surface area (Å²) in [6, 6.07) is 0. The number of rotatable bonds is 16. The molecular weight excluding hydrogens is 394 g/mol. The fourth-order valence-corrected chi connectivity index (χ4v) is 2.54. The van der Waals surface area contributed by atoms with Crippen LogP contribution in [0.15, 0.2) is 0 Å². The highest BCUT2D eigenvalue weighted by Crippen LogP contribution is 2.11. The number of carbonyl (C=O) groups excluding carboxylic acids is 1. The first-order valence-electron chi connectivity index (χ1n) is 10.7. The minimum Gasteiger partial charge on any atom is -0.444 e. The number of nitrogens with two attached hydrogens (primary N) is 1. The Morgan fingerprint density at radius 2 is 1.17 bits per heavy atom. The normalized spacial score (nSPS) is 15.5. The Labute approximate surface area is 180 Å². The zero-order valence-corrected chi connectivity index (χ0v) is 18.9. The largest absolute Gasteiger partial charge is 0.444 e. The number of ether oxygens (including phenoxy) is 6. The van der Waals surface area contributed by atoms with Crippen LogP contribution in [0.2, 0.25) is 0 Å². The molecule has 1 fully saturated rings. The van der Waals surface area contributed by atoms with Gasteiger partial charge in [0, 0.05) is 32.7 Å². The van der Waals surface area contributed by atoms with E-state index in [1.807, 2.05) is 20.8 Å². The van der Waals surface area contributed by atoms with Crippen LogP contribution in [0.4, 0.5) is 4.79 Å². The summed E-state index contributed by atoms with van der Waals surface area (Å²) in [6.45, 7) is 14.4. The summed E-state index contributed by atoms with van der Waals surface area (Å²) in [5, 5.41) is 0. The van der Waals surface area contributed by atoms with E-state index in [0.717, 1.165) is 13.1 Å². The molecule has 1 rings (SSSR count). The summed E-state index contributed by atoms with van der Waals surface area (Å²) >= 11 is 0. The monoisotopic (exact) mass is 435 g/mol. The van der Waals surface area contributed by atoms with Crippen molar-refractivity contribution < 1.29 is 33.2 Å². The minimum atomic E-state index is -0.462. The molecule has 0 saturated carbocycles. The Kier molecular flexibility index (Phi) is 15.0. The SMILES string of the molecule is CC(C)(C)OC(=O)N1CCN(COCCOCCOCCOCCOCCN)CC1. The number of nitrogens with zero attached hydrogens (tertiary/aromatic N) is 2. The van der Waals surface area contributed by atoms with Gasteiger partial charge in [0.15, 0.2) is 0 Å². The fourth-order valence-electron chi connectivity index (χ4n) is 2.54. The molecular formula is C20H41N3O7. The highest BCUT2D eigenvalue weighted by Gasteiger charge is 2.25. The van der Waals surface area contributed by atoms with E-state index in [2.05, 4.69) is 4.90 Å². The van der Waals surface area contributed by atoms with E-state index in [1.54, 1.807) is 4.90 Å². The third-order valence-electron chi connectivity index (χ3n) is 4.05. The predicted octanol–water partition coefficient (Wildman–Crippen LogP) is 0.538. The molecule has 0 atom stereocenters. The second-order valence-corrected chi connectivity index (χ2v) is 7.86. The van der Waals surface area contributed by atoms with E-state index in [1.165, 1.54) is 0 Å². The molecule has 0 aromatic rings. The maximum Gasteiger partial charge on any atom is 0.410 e. The van der Waals surface area contributed by atoms with Crippen LogP contribution >= 0.6 is 0 Å². The Morgan fingerprint density at radius 1 is 0.733 bits per heavy atom. The van der Waals surface area contributed by atoms with Crippen LogP contribution in [0.5, 0.6) is 0 Å². The quantitative estimate of drug-likeness (QED) is 0.348. The van der Waals surface area contributed by atoms with Gasteiger partial charge in [0.1, 0.15) is 5.60 Å². The van der Waals surface area contributed by atoms with Crippen molar-refractivity contribution in [3.05, 3.63) is 0 Å². The zero-order valence-electron chi connectivity index (χ0n) is 18.9. The molecule has 1 aliphatic heterocycles. The van der Waals surface area contributed by atoms with E-state index in [0.29, 0.717) is 85.8 Å². The van der Waals surface area contributed by atoms with Gasteiger partial charge in [-0.1, -0.05) is 0 Å². The summed E-state index contributed by atoms with van der Waals surface area (Å²) < 4.78 is 32.5. The van der Waals surface area contributed by atoms with Gasteiger partial charge in [0.2, 0.25) is 0 Å². The molecule has 30 heavy (non-hydrogen) atoms. The first kappa shape index (κ1) is 27.0. The maximum absolute atomic E-state index is 12.0. The van der Waals surface area contributed by atoms with E-state index in [-0.39, 0.29) is 6.09 Å². The lowest BCUT2D eigenvalue weighted by Crippen LogP contribution is -2.50. The number of piperazine rings is 1. The van der Waals surface area contributed by atoms with Crippen molar-refractivity contribution in [2.45, 2.75) is 26.4 Å². The van der Waals surface area contributed by atoms with Gasteiger partial charge < -0.3 is 39.1 Å².